The average Bonchev–Trinajstić information content (AvgIpc) is 3.35. The van der Waals surface area contributed by atoms with Gasteiger partial charge in [-0.1, -0.05) is 59.2 Å². The molecular weight excluding hydrogens is 521 g/mol. The van der Waals surface area contributed by atoms with Crippen LogP contribution in [0.25, 0.3) is 0 Å². The first-order valence-electron chi connectivity index (χ1n) is 11.6. The van der Waals surface area contributed by atoms with Crippen LogP contribution in [0.1, 0.15) is 35.7 Å². The fraction of sp³-hybridized carbons (Fsp3) is 0.296. The highest BCUT2D eigenvalue weighted by Gasteiger charge is 2.29. The molecule has 3 aromatic rings. The quantitative estimate of drug-likeness (QED) is 0.347. The number of hydrogen-bond donors (Lipinski definition) is 1. The molecule has 0 aliphatic carbocycles. The molecule has 1 atom stereocenters. The molecule has 0 spiro atoms. The van der Waals surface area contributed by atoms with E-state index in [1.165, 1.54) is 28.3 Å². The Hall–Kier alpha value is -1.89. The number of likely N-dealkylation sites (tertiary alicyclic amines) is 1. The zero-order valence-corrected chi connectivity index (χ0v) is 22.6. The summed E-state index contributed by atoms with van der Waals surface area (Å²) < 4.78 is 0. The Bertz CT molecular complexity index is 1220. The van der Waals surface area contributed by atoms with Gasteiger partial charge in [0.2, 0.25) is 0 Å². The van der Waals surface area contributed by atoms with E-state index in [-0.39, 0.29) is 24.4 Å². The molecule has 5 rings (SSSR count). The van der Waals surface area contributed by atoms with E-state index >= 15 is 0 Å². The number of anilines is 2. The molecule has 2 heterocycles. The van der Waals surface area contributed by atoms with Crippen LogP contribution in [0, 0.1) is 0 Å². The van der Waals surface area contributed by atoms with Gasteiger partial charge >= 0.3 is 0 Å². The first-order chi connectivity index (χ1) is 16.5. The van der Waals surface area contributed by atoms with E-state index in [9.17, 15) is 4.79 Å². The Kier molecular flexibility index (Phi) is 8.56. The molecule has 2 aliphatic heterocycles. The molecule has 0 saturated carbocycles. The van der Waals surface area contributed by atoms with E-state index in [0.717, 1.165) is 30.9 Å². The molecule has 35 heavy (non-hydrogen) atoms. The Morgan fingerprint density at radius 3 is 2.54 bits per heavy atom. The van der Waals surface area contributed by atoms with Gasteiger partial charge in [-0.25, -0.2) is 0 Å². The zero-order valence-electron chi connectivity index (χ0n) is 19.5. The van der Waals surface area contributed by atoms with E-state index in [1.807, 2.05) is 24.3 Å². The summed E-state index contributed by atoms with van der Waals surface area (Å²) in [5, 5.41) is 3.96. The highest BCUT2D eigenvalue weighted by atomic mass is 35.5. The second-order valence-corrected chi connectivity index (χ2v) is 10.7. The molecule has 4 nitrogen and oxygen atoms in total. The number of amides is 1. The molecule has 0 radical (unpaired) electrons. The Labute approximate surface area is 227 Å². The first kappa shape index (κ1) is 26.2. The van der Waals surface area contributed by atoms with Crippen LogP contribution in [0.5, 0.6) is 0 Å². The number of carbonyl (C=O) groups is 1. The molecule has 1 saturated heterocycles. The number of rotatable bonds is 6. The molecule has 0 unspecified atom stereocenters. The van der Waals surface area contributed by atoms with Crippen molar-refractivity contribution in [3.05, 3.63) is 81.8 Å². The monoisotopic (exact) mass is 547 g/mol. The van der Waals surface area contributed by atoms with Crippen LogP contribution in [0.3, 0.4) is 0 Å². The highest BCUT2D eigenvalue weighted by molar-refractivity contribution is 7.99. The SMILES string of the molecule is C[C@H](CN1CCCC1)N1c2ccccc2Sc2ccc(C(=O)NCc3cccc(Cl)c3Cl)cc21.Cl. The normalized spacial score (nSPS) is 15.7. The van der Waals surface area contributed by atoms with Crippen LogP contribution in [-0.4, -0.2) is 36.5 Å². The molecule has 1 amide bonds. The van der Waals surface area contributed by atoms with Crippen molar-refractivity contribution in [1.82, 2.24) is 10.2 Å². The van der Waals surface area contributed by atoms with E-state index in [2.05, 4.69) is 52.4 Å². The Balaban J connectivity index is 0.00000289. The summed E-state index contributed by atoms with van der Waals surface area (Å²) >= 11 is 14.2. The molecule has 2 aliphatic rings. The summed E-state index contributed by atoms with van der Waals surface area (Å²) in [5.41, 5.74) is 3.72. The summed E-state index contributed by atoms with van der Waals surface area (Å²) in [6.07, 6.45) is 2.55. The van der Waals surface area contributed by atoms with Crippen LogP contribution in [0.4, 0.5) is 11.4 Å². The number of nitrogens with one attached hydrogen (secondary N) is 1. The third kappa shape index (κ3) is 5.60. The molecule has 3 aromatic carbocycles. The minimum absolute atomic E-state index is 0. The standard InChI is InChI=1S/C27H27Cl2N3OS.ClH/c1-18(17-31-13-4-5-14-31)32-22-9-2-3-10-24(22)34-25-12-11-19(15-23(25)32)27(33)30-16-20-7-6-8-21(28)26(20)29;/h2-3,6-12,15,18H,4-5,13-14,16-17H2,1H3,(H,30,33);1H/t18-;/m1./s1. The van der Waals surface area contributed by atoms with Crippen LogP contribution >= 0.6 is 47.4 Å². The summed E-state index contributed by atoms with van der Waals surface area (Å²) in [7, 11) is 0. The van der Waals surface area contributed by atoms with E-state index in [4.69, 9.17) is 23.2 Å². The van der Waals surface area contributed by atoms with Gasteiger partial charge in [-0.3, -0.25) is 4.79 Å². The zero-order chi connectivity index (χ0) is 23.7. The number of halogens is 3. The smallest absolute Gasteiger partial charge is 0.251 e. The third-order valence-electron chi connectivity index (χ3n) is 6.46. The molecule has 1 N–H and O–H groups in total. The van der Waals surface area contributed by atoms with E-state index in [0.29, 0.717) is 22.2 Å². The van der Waals surface area contributed by atoms with Crippen LogP contribution in [0.15, 0.2) is 70.5 Å². The van der Waals surface area contributed by atoms with Gasteiger partial charge in [0.1, 0.15) is 0 Å². The Morgan fingerprint density at radius 2 is 1.74 bits per heavy atom. The number of nitrogens with zero attached hydrogens (tertiary/aromatic N) is 2. The fourth-order valence-electron chi connectivity index (χ4n) is 4.78. The second-order valence-electron chi connectivity index (χ2n) is 8.87. The van der Waals surface area contributed by atoms with Crippen molar-refractivity contribution in [2.75, 3.05) is 24.5 Å². The Morgan fingerprint density at radius 1 is 1.00 bits per heavy atom. The van der Waals surface area contributed by atoms with Crippen molar-refractivity contribution in [3.63, 3.8) is 0 Å². The van der Waals surface area contributed by atoms with Crippen molar-refractivity contribution >= 4 is 64.7 Å². The maximum Gasteiger partial charge on any atom is 0.251 e. The first-order valence-corrected chi connectivity index (χ1v) is 13.2. The largest absolute Gasteiger partial charge is 0.348 e. The van der Waals surface area contributed by atoms with Crippen molar-refractivity contribution in [2.45, 2.75) is 42.1 Å². The summed E-state index contributed by atoms with van der Waals surface area (Å²) in [6, 6.07) is 20.2. The van der Waals surface area contributed by atoms with Gasteiger partial charge < -0.3 is 15.1 Å². The summed E-state index contributed by atoms with van der Waals surface area (Å²) in [6.45, 7) is 5.93. The van der Waals surface area contributed by atoms with Crippen LogP contribution < -0.4 is 10.2 Å². The number of fused-ring (bicyclic) bond motifs is 2. The molecule has 184 valence electrons. The molecular formula is C27H28Cl3N3OS. The maximum atomic E-state index is 13.1. The van der Waals surface area contributed by atoms with Gasteiger partial charge in [-0.2, -0.15) is 0 Å². The van der Waals surface area contributed by atoms with Gasteiger partial charge in [0.05, 0.1) is 21.4 Å². The fourth-order valence-corrected chi connectivity index (χ4v) is 6.22. The molecule has 1 fully saturated rings. The molecule has 0 bridgehead atoms. The lowest BCUT2D eigenvalue weighted by molar-refractivity contribution is 0.0951. The second kappa shape index (κ2) is 11.4. The number of hydrogen-bond acceptors (Lipinski definition) is 4. The van der Waals surface area contributed by atoms with Crippen LogP contribution in [0.2, 0.25) is 10.0 Å². The summed E-state index contributed by atoms with van der Waals surface area (Å²) in [5.74, 6) is -0.130. The van der Waals surface area contributed by atoms with Crippen molar-refractivity contribution in [2.24, 2.45) is 0 Å². The van der Waals surface area contributed by atoms with Gasteiger partial charge in [0.15, 0.2) is 0 Å². The highest BCUT2D eigenvalue weighted by Crippen LogP contribution is 2.49. The van der Waals surface area contributed by atoms with Gasteiger partial charge in [0, 0.05) is 34.5 Å². The number of carbonyl (C=O) groups excluding carboxylic acids is 1. The molecule has 8 heteroatoms. The topological polar surface area (TPSA) is 35.6 Å². The van der Waals surface area contributed by atoms with E-state index < -0.39 is 0 Å². The number of benzene rings is 3. The predicted octanol–water partition coefficient (Wildman–Crippen LogP) is 7.43. The van der Waals surface area contributed by atoms with Crippen molar-refractivity contribution in [1.29, 1.82) is 0 Å². The van der Waals surface area contributed by atoms with Crippen molar-refractivity contribution < 1.29 is 4.79 Å². The van der Waals surface area contributed by atoms with Gasteiger partial charge in [-0.15, -0.1) is 12.4 Å². The number of para-hydroxylation sites is 1. The summed E-state index contributed by atoms with van der Waals surface area (Å²) in [4.78, 5) is 20.4. The van der Waals surface area contributed by atoms with Gasteiger partial charge in [-0.05, 0) is 74.8 Å². The molecule has 0 aromatic heterocycles. The van der Waals surface area contributed by atoms with Gasteiger partial charge in [0.25, 0.3) is 5.91 Å². The minimum atomic E-state index is -0.130. The minimum Gasteiger partial charge on any atom is -0.348 e. The lowest BCUT2D eigenvalue weighted by Gasteiger charge is -2.39. The van der Waals surface area contributed by atoms with Crippen LogP contribution in [-0.2, 0) is 6.54 Å². The van der Waals surface area contributed by atoms with E-state index in [1.54, 1.807) is 17.8 Å². The third-order valence-corrected chi connectivity index (χ3v) is 8.45. The van der Waals surface area contributed by atoms with Crippen molar-refractivity contribution in [3.8, 4) is 0 Å². The lowest BCUT2D eigenvalue weighted by atomic mass is 10.1. The maximum absolute atomic E-state index is 13.1. The predicted molar refractivity (Wildman–Crippen MR) is 149 cm³/mol. The lowest BCUT2D eigenvalue weighted by Crippen LogP contribution is -2.40. The average molecular weight is 549 g/mol.